The van der Waals surface area contributed by atoms with Crippen molar-refractivity contribution in [3.63, 3.8) is 0 Å². The first-order valence-electron chi connectivity index (χ1n) is 7.44. The van der Waals surface area contributed by atoms with E-state index >= 15 is 0 Å². The van der Waals surface area contributed by atoms with Crippen LogP contribution in [0.1, 0.15) is 30.3 Å². The van der Waals surface area contributed by atoms with Crippen molar-refractivity contribution in [3.05, 3.63) is 54.5 Å². The first kappa shape index (κ1) is 12.9. The predicted octanol–water partition coefficient (Wildman–Crippen LogP) is 4.38. The quantitative estimate of drug-likeness (QED) is 0.703. The zero-order chi connectivity index (χ0) is 14.1. The smallest absolute Gasteiger partial charge is 0.164 e. The third kappa shape index (κ3) is 2.33. The topological polar surface area (TPSA) is 30.7 Å². The van der Waals surface area contributed by atoms with E-state index in [-0.39, 0.29) is 0 Å². The highest BCUT2D eigenvalue weighted by Crippen LogP contribution is 2.39. The third-order valence-corrected chi connectivity index (χ3v) is 5.30. The molecular formula is C17H17N3S. The number of thioether (sulfide) groups is 1. The summed E-state index contributed by atoms with van der Waals surface area (Å²) in [6.07, 6.45) is 5.68. The molecule has 0 bridgehead atoms. The van der Waals surface area contributed by atoms with Crippen molar-refractivity contribution >= 4 is 22.9 Å². The maximum absolute atomic E-state index is 4.89. The Hall–Kier alpha value is -1.81. The summed E-state index contributed by atoms with van der Waals surface area (Å²) in [5.41, 5.74) is 3.10. The normalized spacial score (nSPS) is 19.0. The van der Waals surface area contributed by atoms with Crippen LogP contribution in [0.25, 0.3) is 16.9 Å². The van der Waals surface area contributed by atoms with Crippen LogP contribution in [0, 0.1) is 0 Å². The lowest BCUT2D eigenvalue weighted by molar-refractivity contribution is 0.657. The number of pyridine rings is 1. The van der Waals surface area contributed by atoms with Gasteiger partial charge in [0.25, 0.3) is 0 Å². The van der Waals surface area contributed by atoms with Gasteiger partial charge in [-0.1, -0.05) is 24.6 Å². The van der Waals surface area contributed by atoms with E-state index in [4.69, 9.17) is 4.98 Å². The fraction of sp³-hybridized carbons (Fsp3) is 0.294. The molecule has 0 radical (unpaired) electrons. The number of nitrogens with zero attached hydrogens (tertiary/aromatic N) is 3. The Morgan fingerprint density at radius 3 is 2.76 bits per heavy atom. The highest BCUT2D eigenvalue weighted by atomic mass is 32.2. The van der Waals surface area contributed by atoms with E-state index < -0.39 is 0 Å². The first-order valence-corrected chi connectivity index (χ1v) is 8.49. The average Bonchev–Trinajstić information content (AvgIpc) is 2.96. The highest BCUT2D eigenvalue weighted by Gasteiger charge is 2.24. The molecule has 0 saturated carbocycles. The monoisotopic (exact) mass is 295 g/mol. The van der Waals surface area contributed by atoms with Crippen LogP contribution >= 0.6 is 11.8 Å². The summed E-state index contributed by atoms with van der Waals surface area (Å²) >= 11 is 2.03. The molecule has 4 rings (SSSR count). The van der Waals surface area contributed by atoms with E-state index in [0.717, 1.165) is 22.7 Å². The molecule has 1 saturated heterocycles. The van der Waals surface area contributed by atoms with Crippen LogP contribution in [0.5, 0.6) is 0 Å². The number of rotatable bonds is 2. The maximum atomic E-state index is 4.89. The van der Waals surface area contributed by atoms with Gasteiger partial charge in [-0.25, -0.2) is 9.97 Å². The third-order valence-electron chi connectivity index (χ3n) is 3.92. The molecule has 3 aromatic rings. The summed E-state index contributed by atoms with van der Waals surface area (Å²) in [5, 5.41) is 0.480. The van der Waals surface area contributed by atoms with Crippen molar-refractivity contribution in [1.82, 2.24) is 14.5 Å². The molecule has 1 atom stereocenters. The van der Waals surface area contributed by atoms with Crippen LogP contribution in [0.2, 0.25) is 0 Å². The molecule has 106 valence electrons. The van der Waals surface area contributed by atoms with Gasteiger partial charge >= 0.3 is 0 Å². The molecule has 0 amide bonds. The van der Waals surface area contributed by atoms with E-state index in [1.807, 2.05) is 30.1 Å². The summed E-state index contributed by atoms with van der Waals surface area (Å²) in [6.45, 7) is 0. The lowest BCUT2D eigenvalue weighted by Crippen LogP contribution is -2.09. The van der Waals surface area contributed by atoms with Crippen molar-refractivity contribution < 1.29 is 0 Å². The Morgan fingerprint density at radius 1 is 1.05 bits per heavy atom. The summed E-state index contributed by atoms with van der Waals surface area (Å²) < 4.78 is 2.23. The molecule has 0 spiro atoms. The Kier molecular flexibility index (Phi) is 3.39. The Balaban J connectivity index is 1.92. The van der Waals surface area contributed by atoms with Crippen LogP contribution in [0.15, 0.2) is 48.7 Å². The molecular weight excluding hydrogens is 278 g/mol. The number of benzene rings is 1. The Bertz CT molecular complexity index is 745. The molecule has 1 aliphatic rings. The highest BCUT2D eigenvalue weighted by molar-refractivity contribution is 7.99. The largest absolute Gasteiger partial charge is 0.280 e. The van der Waals surface area contributed by atoms with Gasteiger partial charge in [0, 0.05) is 11.9 Å². The van der Waals surface area contributed by atoms with Crippen molar-refractivity contribution in [2.45, 2.75) is 24.5 Å². The predicted molar refractivity (Wildman–Crippen MR) is 87.9 cm³/mol. The van der Waals surface area contributed by atoms with E-state index in [2.05, 4.69) is 39.9 Å². The SMILES string of the molecule is c1ccc(-n2c(C3CCCCS3)nc3cccnc32)cc1. The van der Waals surface area contributed by atoms with E-state index in [0.29, 0.717) is 5.25 Å². The van der Waals surface area contributed by atoms with Crippen molar-refractivity contribution in [3.8, 4) is 5.69 Å². The number of imidazole rings is 1. The van der Waals surface area contributed by atoms with Gasteiger partial charge in [0.1, 0.15) is 11.3 Å². The molecule has 0 N–H and O–H groups in total. The fourth-order valence-electron chi connectivity index (χ4n) is 2.92. The molecule has 3 heterocycles. The number of hydrogen-bond acceptors (Lipinski definition) is 3. The second-order valence-electron chi connectivity index (χ2n) is 5.34. The average molecular weight is 295 g/mol. The molecule has 21 heavy (non-hydrogen) atoms. The summed E-state index contributed by atoms with van der Waals surface area (Å²) in [7, 11) is 0. The van der Waals surface area contributed by atoms with Crippen molar-refractivity contribution in [2.75, 3.05) is 5.75 Å². The zero-order valence-corrected chi connectivity index (χ0v) is 12.6. The number of aromatic nitrogens is 3. The summed E-state index contributed by atoms with van der Waals surface area (Å²) in [5.74, 6) is 2.38. The standard InChI is InChI=1S/C17H17N3S/c1-2-7-13(8-3-1)20-16-14(9-6-11-18-16)19-17(20)15-10-4-5-12-21-15/h1-3,6-9,11,15H,4-5,10,12H2. The van der Waals surface area contributed by atoms with Crippen molar-refractivity contribution in [2.24, 2.45) is 0 Å². The van der Waals surface area contributed by atoms with Gasteiger partial charge in [0.15, 0.2) is 5.65 Å². The van der Waals surface area contributed by atoms with Crippen molar-refractivity contribution in [1.29, 1.82) is 0 Å². The molecule has 1 fully saturated rings. The van der Waals surface area contributed by atoms with E-state index in [1.165, 1.54) is 25.0 Å². The number of fused-ring (bicyclic) bond motifs is 1. The van der Waals surface area contributed by atoms with Gasteiger partial charge < -0.3 is 0 Å². The van der Waals surface area contributed by atoms with Gasteiger partial charge in [-0.05, 0) is 42.9 Å². The number of para-hydroxylation sites is 1. The maximum Gasteiger partial charge on any atom is 0.164 e. The Morgan fingerprint density at radius 2 is 1.95 bits per heavy atom. The minimum absolute atomic E-state index is 0.480. The fourth-order valence-corrected chi connectivity index (χ4v) is 4.22. The van der Waals surface area contributed by atoms with Gasteiger partial charge in [0.2, 0.25) is 0 Å². The molecule has 3 nitrogen and oxygen atoms in total. The molecule has 0 aliphatic carbocycles. The lowest BCUT2D eigenvalue weighted by atomic mass is 10.2. The van der Waals surface area contributed by atoms with Crippen LogP contribution in [-0.4, -0.2) is 20.3 Å². The van der Waals surface area contributed by atoms with E-state index in [9.17, 15) is 0 Å². The molecule has 2 aromatic heterocycles. The van der Waals surface area contributed by atoms with Gasteiger partial charge in [-0.2, -0.15) is 11.8 Å². The van der Waals surface area contributed by atoms with E-state index in [1.54, 1.807) is 0 Å². The van der Waals surface area contributed by atoms with Gasteiger partial charge in [-0.15, -0.1) is 0 Å². The summed E-state index contributed by atoms with van der Waals surface area (Å²) in [4.78, 5) is 9.46. The lowest BCUT2D eigenvalue weighted by Gasteiger charge is -2.21. The van der Waals surface area contributed by atoms with Gasteiger partial charge in [0.05, 0.1) is 5.25 Å². The van der Waals surface area contributed by atoms with Crippen LogP contribution in [0.4, 0.5) is 0 Å². The van der Waals surface area contributed by atoms with Gasteiger partial charge in [-0.3, -0.25) is 4.57 Å². The summed E-state index contributed by atoms with van der Waals surface area (Å²) in [6, 6.07) is 14.5. The number of hydrogen-bond donors (Lipinski definition) is 0. The molecule has 1 aromatic carbocycles. The second-order valence-corrected chi connectivity index (χ2v) is 6.65. The van der Waals surface area contributed by atoms with Crippen LogP contribution in [-0.2, 0) is 0 Å². The second kappa shape index (κ2) is 5.53. The first-order chi connectivity index (χ1) is 10.4. The molecule has 4 heteroatoms. The van der Waals surface area contributed by atoms with Crippen LogP contribution in [0.3, 0.4) is 0 Å². The zero-order valence-electron chi connectivity index (χ0n) is 11.8. The molecule has 1 unspecified atom stereocenters. The minimum Gasteiger partial charge on any atom is -0.280 e. The molecule has 1 aliphatic heterocycles. The Labute approximate surface area is 128 Å². The minimum atomic E-state index is 0.480. The van der Waals surface area contributed by atoms with Crippen LogP contribution < -0.4 is 0 Å².